The van der Waals surface area contributed by atoms with Gasteiger partial charge in [0.2, 0.25) is 5.91 Å². The minimum atomic E-state index is -0.900. The molecule has 0 fully saturated rings. The Hall–Kier alpha value is -2.57. The van der Waals surface area contributed by atoms with Gasteiger partial charge in [-0.05, 0) is 32.4 Å². The second-order valence-electron chi connectivity index (χ2n) is 4.90. The zero-order chi connectivity index (χ0) is 16.4. The van der Waals surface area contributed by atoms with Crippen LogP contribution in [0.2, 0.25) is 0 Å². The number of ether oxygens (including phenoxy) is 1. The van der Waals surface area contributed by atoms with Gasteiger partial charge in [0.05, 0.1) is 6.61 Å². The van der Waals surface area contributed by atoms with Crippen LogP contribution in [0.5, 0.6) is 5.75 Å². The van der Waals surface area contributed by atoms with Crippen molar-refractivity contribution in [1.29, 1.82) is 0 Å². The molecule has 0 saturated heterocycles. The monoisotopic (exact) mass is 307 g/mol. The summed E-state index contributed by atoms with van der Waals surface area (Å²) in [4.78, 5) is 34.1. The summed E-state index contributed by atoms with van der Waals surface area (Å²) in [5.74, 6) is -1.34. The number of hydrogen-bond acceptors (Lipinski definition) is 4. The summed E-state index contributed by atoms with van der Waals surface area (Å²) in [6.45, 7) is 3.85. The fourth-order valence-electron chi connectivity index (χ4n) is 1.51. The highest BCUT2D eigenvalue weighted by atomic mass is 16.5. The van der Waals surface area contributed by atoms with E-state index in [1.54, 1.807) is 13.8 Å². The number of hydrogen-bond donors (Lipinski definition) is 3. The molecule has 0 atom stereocenters. The number of amides is 3. The Labute approximate surface area is 129 Å². The fraction of sp³-hybridized carbons (Fsp3) is 0.400. The highest BCUT2D eigenvalue weighted by Gasteiger charge is 2.14. The first kappa shape index (κ1) is 17.5. The predicted octanol–water partition coefficient (Wildman–Crippen LogP) is 0.518. The van der Waals surface area contributed by atoms with E-state index in [-0.39, 0.29) is 18.4 Å². The highest BCUT2D eigenvalue weighted by molar-refractivity contribution is 6.35. The van der Waals surface area contributed by atoms with Crippen molar-refractivity contribution < 1.29 is 19.1 Å². The van der Waals surface area contributed by atoms with Gasteiger partial charge in [0, 0.05) is 12.5 Å². The summed E-state index contributed by atoms with van der Waals surface area (Å²) >= 11 is 0. The van der Waals surface area contributed by atoms with Crippen LogP contribution in [0.3, 0.4) is 0 Å². The van der Waals surface area contributed by atoms with Crippen LogP contribution in [0.15, 0.2) is 30.3 Å². The molecule has 3 amide bonds. The quantitative estimate of drug-likeness (QED) is 0.405. The van der Waals surface area contributed by atoms with Crippen molar-refractivity contribution in [3.63, 3.8) is 0 Å². The standard InChI is InChI=1S/C15H21N3O4/c1-11(2)16-14(20)15(21)18-17-13(19)9-6-10-22-12-7-4-3-5-8-12/h3-5,7-8,11H,6,9-10H2,1-2H3,(H,16,20)(H,17,19)(H,18,21). The molecule has 120 valence electrons. The molecule has 0 aliphatic heterocycles. The van der Waals surface area contributed by atoms with Crippen molar-refractivity contribution in [3.8, 4) is 5.75 Å². The molecule has 0 aliphatic rings. The van der Waals surface area contributed by atoms with Gasteiger partial charge in [0.15, 0.2) is 0 Å². The minimum absolute atomic E-state index is 0.149. The average Bonchev–Trinajstić information content (AvgIpc) is 2.49. The van der Waals surface area contributed by atoms with E-state index in [1.807, 2.05) is 30.3 Å². The zero-order valence-electron chi connectivity index (χ0n) is 12.7. The summed E-state index contributed by atoms with van der Waals surface area (Å²) in [6.07, 6.45) is 0.674. The molecular weight excluding hydrogens is 286 g/mol. The van der Waals surface area contributed by atoms with Crippen LogP contribution in [0.25, 0.3) is 0 Å². The molecule has 22 heavy (non-hydrogen) atoms. The van der Waals surface area contributed by atoms with Crippen molar-refractivity contribution in [1.82, 2.24) is 16.2 Å². The molecule has 1 aromatic rings. The maximum atomic E-state index is 11.5. The summed E-state index contributed by atoms with van der Waals surface area (Å²) in [5.41, 5.74) is 4.24. The Bertz CT molecular complexity index is 503. The number of rotatable bonds is 6. The van der Waals surface area contributed by atoms with Gasteiger partial charge in [-0.1, -0.05) is 18.2 Å². The van der Waals surface area contributed by atoms with Gasteiger partial charge >= 0.3 is 11.8 Å². The van der Waals surface area contributed by atoms with Crippen molar-refractivity contribution in [2.45, 2.75) is 32.7 Å². The molecule has 0 spiro atoms. The number of carbonyl (C=O) groups is 3. The smallest absolute Gasteiger partial charge is 0.327 e. The summed E-state index contributed by atoms with van der Waals surface area (Å²) < 4.78 is 5.43. The van der Waals surface area contributed by atoms with Crippen LogP contribution in [0, 0.1) is 0 Å². The molecule has 0 bridgehead atoms. The van der Waals surface area contributed by atoms with Crippen LogP contribution >= 0.6 is 0 Å². The van der Waals surface area contributed by atoms with E-state index in [1.165, 1.54) is 0 Å². The molecule has 0 aromatic heterocycles. The highest BCUT2D eigenvalue weighted by Crippen LogP contribution is 2.08. The van der Waals surface area contributed by atoms with E-state index in [0.29, 0.717) is 13.0 Å². The lowest BCUT2D eigenvalue weighted by atomic mass is 10.3. The normalized spacial score (nSPS) is 9.95. The summed E-state index contributed by atoms with van der Waals surface area (Å²) in [7, 11) is 0. The molecule has 1 aromatic carbocycles. The van der Waals surface area contributed by atoms with E-state index in [4.69, 9.17) is 4.74 Å². The molecule has 3 N–H and O–H groups in total. The Morgan fingerprint density at radius 2 is 1.73 bits per heavy atom. The van der Waals surface area contributed by atoms with Gasteiger partial charge in [0.1, 0.15) is 5.75 Å². The second-order valence-corrected chi connectivity index (χ2v) is 4.90. The maximum Gasteiger partial charge on any atom is 0.327 e. The third-order valence-electron chi connectivity index (χ3n) is 2.50. The molecule has 0 unspecified atom stereocenters. The first-order valence-corrected chi connectivity index (χ1v) is 7.06. The number of benzene rings is 1. The Balaban J connectivity index is 2.13. The number of carbonyl (C=O) groups excluding carboxylic acids is 3. The summed E-state index contributed by atoms with van der Waals surface area (Å²) in [6, 6.07) is 9.11. The molecule has 0 heterocycles. The van der Waals surface area contributed by atoms with Crippen LogP contribution in [-0.4, -0.2) is 30.4 Å². The second kappa shape index (κ2) is 9.38. The van der Waals surface area contributed by atoms with Gasteiger partial charge in [-0.25, -0.2) is 0 Å². The maximum absolute atomic E-state index is 11.5. The van der Waals surface area contributed by atoms with E-state index in [0.717, 1.165) is 5.75 Å². The SMILES string of the molecule is CC(C)NC(=O)C(=O)NNC(=O)CCCOc1ccccc1. The molecule has 0 radical (unpaired) electrons. The Morgan fingerprint density at radius 1 is 1.05 bits per heavy atom. The number of para-hydroxylation sites is 1. The number of hydrazine groups is 1. The van der Waals surface area contributed by atoms with E-state index in [9.17, 15) is 14.4 Å². The third-order valence-corrected chi connectivity index (χ3v) is 2.50. The molecule has 1 rings (SSSR count). The Morgan fingerprint density at radius 3 is 2.36 bits per heavy atom. The van der Waals surface area contributed by atoms with E-state index >= 15 is 0 Å². The van der Waals surface area contributed by atoms with Gasteiger partial charge in [-0.15, -0.1) is 0 Å². The van der Waals surface area contributed by atoms with Crippen molar-refractivity contribution in [3.05, 3.63) is 30.3 Å². The van der Waals surface area contributed by atoms with E-state index < -0.39 is 11.8 Å². The third kappa shape index (κ3) is 7.28. The molecule has 7 nitrogen and oxygen atoms in total. The van der Waals surface area contributed by atoms with Gasteiger partial charge < -0.3 is 10.1 Å². The molecule has 0 saturated carbocycles. The lowest BCUT2D eigenvalue weighted by molar-refractivity contribution is -0.141. The minimum Gasteiger partial charge on any atom is -0.494 e. The van der Waals surface area contributed by atoms with Gasteiger partial charge in [-0.3, -0.25) is 25.2 Å². The summed E-state index contributed by atoms with van der Waals surface area (Å²) in [5, 5.41) is 2.41. The molecule has 7 heteroatoms. The van der Waals surface area contributed by atoms with Gasteiger partial charge in [0.25, 0.3) is 0 Å². The topological polar surface area (TPSA) is 96.5 Å². The molecular formula is C15H21N3O4. The van der Waals surface area contributed by atoms with Crippen molar-refractivity contribution in [2.24, 2.45) is 0 Å². The first-order chi connectivity index (χ1) is 10.5. The predicted molar refractivity (Wildman–Crippen MR) is 80.7 cm³/mol. The van der Waals surface area contributed by atoms with Crippen LogP contribution in [-0.2, 0) is 14.4 Å². The van der Waals surface area contributed by atoms with Gasteiger partial charge in [-0.2, -0.15) is 0 Å². The number of nitrogens with one attached hydrogen (secondary N) is 3. The van der Waals surface area contributed by atoms with E-state index in [2.05, 4.69) is 16.2 Å². The van der Waals surface area contributed by atoms with Crippen LogP contribution in [0.4, 0.5) is 0 Å². The lowest BCUT2D eigenvalue weighted by Gasteiger charge is -2.10. The Kier molecular flexibility index (Phi) is 7.45. The fourth-order valence-corrected chi connectivity index (χ4v) is 1.51. The average molecular weight is 307 g/mol. The van der Waals surface area contributed by atoms with Crippen molar-refractivity contribution in [2.75, 3.05) is 6.61 Å². The first-order valence-electron chi connectivity index (χ1n) is 7.06. The largest absolute Gasteiger partial charge is 0.494 e. The van der Waals surface area contributed by atoms with Crippen LogP contribution < -0.4 is 20.9 Å². The lowest BCUT2D eigenvalue weighted by Crippen LogP contribution is -2.49. The molecule has 0 aliphatic carbocycles. The zero-order valence-corrected chi connectivity index (χ0v) is 12.7. The van der Waals surface area contributed by atoms with Crippen LogP contribution in [0.1, 0.15) is 26.7 Å². The van der Waals surface area contributed by atoms with Crippen molar-refractivity contribution >= 4 is 17.7 Å².